The molecule has 3 N–H and O–H groups in total. The highest BCUT2D eigenvalue weighted by Crippen LogP contribution is 2.44. The normalized spacial score (nSPS) is 18.8. The van der Waals surface area contributed by atoms with Gasteiger partial charge in [-0.3, -0.25) is 14.9 Å². The van der Waals surface area contributed by atoms with Crippen LogP contribution in [0.25, 0.3) is 11.1 Å². The van der Waals surface area contributed by atoms with Crippen LogP contribution in [0.2, 0.25) is 0 Å². The van der Waals surface area contributed by atoms with Crippen LogP contribution in [-0.2, 0) is 23.9 Å². The number of nitrogens with one attached hydrogen (secondary N) is 2. The van der Waals surface area contributed by atoms with Gasteiger partial charge in [0.2, 0.25) is 6.04 Å². The molecule has 0 saturated heterocycles. The molecule has 2 aromatic carbocycles. The average Bonchev–Trinajstić information content (AvgIpc) is 3.44. The summed E-state index contributed by atoms with van der Waals surface area (Å²) < 4.78 is 10.4. The van der Waals surface area contributed by atoms with E-state index in [1.165, 1.54) is 6.08 Å². The average molecular weight is 479 g/mol. The minimum Gasteiger partial charge on any atom is -0.481 e. The van der Waals surface area contributed by atoms with Gasteiger partial charge < -0.3 is 19.9 Å². The largest absolute Gasteiger partial charge is 0.481 e. The number of aliphatic carboxylic acids is 1. The number of alkyl carbamates (subject to hydrolysis) is 1. The molecule has 0 fully saturated rings. The number of hydrogen-bond acceptors (Lipinski definition) is 6. The summed E-state index contributed by atoms with van der Waals surface area (Å²) in [7, 11) is 0. The molecule has 182 valence electrons. The number of esters is 1. The van der Waals surface area contributed by atoms with Crippen molar-refractivity contribution >= 4 is 23.9 Å². The summed E-state index contributed by atoms with van der Waals surface area (Å²) in [5, 5.41) is 14.0. The molecule has 0 spiro atoms. The number of carbonyl (C=O) groups excluding carboxylic acids is 3. The third-order valence-electron chi connectivity index (χ3n) is 6.12. The minimum atomic E-state index is -1.64. The van der Waals surface area contributed by atoms with Crippen molar-refractivity contribution in [1.82, 2.24) is 10.6 Å². The third kappa shape index (κ3) is 5.18. The summed E-state index contributed by atoms with van der Waals surface area (Å²) in [5.74, 6) is -3.65. The van der Waals surface area contributed by atoms with E-state index in [1.807, 2.05) is 48.5 Å². The number of ether oxygens (including phenoxy) is 2. The Labute approximate surface area is 202 Å². The Bertz CT molecular complexity index is 1130. The molecule has 9 nitrogen and oxygen atoms in total. The molecule has 0 aromatic heterocycles. The lowest BCUT2D eigenvalue weighted by Gasteiger charge is -2.20. The quantitative estimate of drug-likeness (QED) is 0.302. The van der Waals surface area contributed by atoms with Gasteiger partial charge in [0.15, 0.2) is 0 Å². The van der Waals surface area contributed by atoms with E-state index in [1.54, 1.807) is 13.0 Å². The van der Waals surface area contributed by atoms with Crippen LogP contribution < -0.4 is 10.6 Å². The van der Waals surface area contributed by atoms with Crippen LogP contribution in [0.15, 0.2) is 60.7 Å². The molecule has 35 heavy (non-hydrogen) atoms. The van der Waals surface area contributed by atoms with Crippen LogP contribution in [0.4, 0.5) is 4.79 Å². The molecule has 2 aromatic rings. The first kappa shape index (κ1) is 24.0. The molecule has 0 bridgehead atoms. The standard InChI is InChI=1S/C26H26N2O7/c1-2-34-25(32)22(23(29)27-16-12-11-15(13-16)24(30)31)28-26(33)35-14-21-19-9-5-3-7-17(19)18-8-4-6-10-20(18)21/h3-12,15-16,21-22H,2,13-14H2,1H3,(H,27,29)(H,28,33)(H,30,31). The molecule has 2 aliphatic carbocycles. The molecule has 2 amide bonds. The van der Waals surface area contributed by atoms with Crippen molar-refractivity contribution in [3.63, 3.8) is 0 Å². The Hall–Kier alpha value is -4.14. The van der Waals surface area contributed by atoms with Crippen molar-refractivity contribution in [2.75, 3.05) is 13.2 Å². The van der Waals surface area contributed by atoms with Gasteiger partial charge in [0.1, 0.15) is 6.61 Å². The zero-order valence-corrected chi connectivity index (χ0v) is 19.1. The molecular weight excluding hydrogens is 452 g/mol. The van der Waals surface area contributed by atoms with Gasteiger partial charge in [-0.05, 0) is 35.6 Å². The number of benzene rings is 2. The molecule has 4 rings (SSSR count). The number of rotatable bonds is 8. The molecule has 2 aliphatic rings. The molecular formula is C26H26N2O7. The van der Waals surface area contributed by atoms with Gasteiger partial charge in [-0.25, -0.2) is 9.59 Å². The lowest BCUT2D eigenvalue weighted by molar-refractivity contribution is -0.149. The van der Waals surface area contributed by atoms with E-state index in [0.717, 1.165) is 22.3 Å². The number of carboxylic acid groups (broad SMARTS) is 1. The number of fused-ring (bicyclic) bond motifs is 3. The molecule has 9 heteroatoms. The second-order valence-corrected chi connectivity index (χ2v) is 8.34. The van der Waals surface area contributed by atoms with Gasteiger partial charge in [0.05, 0.1) is 12.5 Å². The molecule has 0 radical (unpaired) electrons. The van der Waals surface area contributed by atoms with Gasteiger partial charge in [-0.1, -0.05) is 60.7 Å². The highest BCUT2D eigenvalue weighted by Gasteiger charge is 2.34. The summed E-state index contributed by atoms with van der Waals surface area (Å²) >= 11 is 0. The smallest absolute Gasteiger partial charge is 0.408 e. The topological polar surface area (TPSA) is 131 Å². The van der Waals surface area contributed by atoms with Gasteiger partial charge in [0.25, 0.3) is 5.91 Å². The molecule has 0 saturated carbocycles. The summed E-state index contributed by atoms with van der Waals surface area (Å²) in [6, 6.07) is 13.5. The van der Waals surface area contributed by atoms with Crippen molar-refractivity contribution in [3.05, 3.63) is 71.8 Å². The Morgan fingerprint density at radius 3 is 2.17 bits per heavy atom. The monoisotopic (exact) mass is 478 g/mol. The Kier molecular flexibility index (Phi) is 7.14. The fraction of sp³-hybridized carbons (Fsp3) is 0.308. The van der Waals surface area contributed by atoms with E-state index in [-0.39, 0.29) is 25.6 Å². The fourth-order valence-corrected chi connectivity index (χ4v) is 4.47. The SMILES string of the molecule is CCOC(=O)C(NC(=O)OCC1c2ccccc2-c2ccccc21)C(=O)NC1C=CC(C(=O)O)C1. The van der Waals surface area contributed by atoms with Crippen LogP contribution in [-0.4, -0.2) is 54.3 Å². The molecule has 0 heterocycles. The maximum absolute atomic E-state index is 12.8. The van der Waals surface area contributed by atoms with Crippen molar-refractivity contribution in [2.24, 2.45) is 5.92 Å². The zero-order chi connectivity index (χ0) is 24.9. The first-order valence-corrected chi connectivity index (χ1v) is 11.4. The maximum Gasteiger partial charge on any atom is 0.408 e. The molecule has 3 unspecified atom stereocenters. The van der Waals surface area contributed by atoms with E-state index in [0.29, 0.717) is 0 Å². The van der Waals surface area contributed by atoms with Gasteiger partial charge in [-0.15, -0.1) is 0 Å². The predicted octanol–water partition coefficient (Wildman–Crippen LogP) is 2.60. The number of carboxylic acids is 1. The van der Waals surface area contributed by atoms with E-state index in [4.69, 9.17) is 14.6 Å². The van der Waals surface area contributed by atoms with E-state index in [9.17, 15) is 19.2 Å². The Balaban J connectivity index is 1.41. The Morgan fingerprint density at radius 2 is 1.60 bits per heavy atom. The van der Waals surface area contributed by atoms with Crippen molar-refractivity contribution < 1.29 is 33.8 Å². The van der Waals surface area contributed by atoms with Crippen LogP contribution in [0.3, 0.4) is 0 Å². The molecule has 3 atom stereocenters. The predicted molar refractivity (Wildman–Crippen MR) is 125 cm³/mol. The van der Waals surface area contributed by atoms with Gasteiger partial charge in [0, 0.05) is 12.0 Å². The maximum atomic E-state index is 12.8. The fourth-order valence-electron chi connectivity index (χ4n) is 4.47. The number of amides is 2. The van der Waals surface area contributed by atoms with Crippen LogP contribution in [0.1, 0.15) is 30.4 Å². The summed E-state index contributed by atoms with van der Waals surface area (Å²) in [5.41, 5.74) is 4.21. The summed E-state index contributed by atoms with van der Waals surface area (Å²) in [6.07, 6.45) is 2.24. The molecule has 0 aliphatic heterocycles. The van der Waals surface area contributed by atoms with E-state index >= 15 is 0 Å². The Morgan fingerprint density at radius 1 is 0.971 bits per heavy atom. The first-order chi connectivity index (χ1) is 16.9. The lowest BCUT2D eigenvalue weighted by Crippen LogP contribution is -2.54. The van der Waals surface area contributed by atoms with Crippen LogP contribution in [0.5, 0.6) is 0 Å². The van der Waals surface area contributed by atoms with Gasteiger partial charge in [-0.2, -0.15) is 0 Å². The van der Waals surface area contributed by atoms with Crippen LogP contribution >= 0.6 is 0 Å². The van der Waals surface area contributed by atoms with Crippen molar-refractivity contribution in [3.8, 4) is 11.1 Å². The van der Waals surface area contributed by atoms with Gasteiger partial charge >= 0.3 is 18.0 Å². The summed E-state index contributed by atoms with van der Waals surface area (Å²) in [4.78, 5) is 48.9. The van der Waals surface area contributed by atoms with Crippen molar-refractivity contribution in [1.29, 1.82) is 0 Å². The first-order valence-electron chi connectivity index (χ1n) is 11.4. The highest BCUT2D eigenvalue weighted by atomic mass is 16.6. The number of hydrogen-bond donors (Lipinski definition) is 3. The summed E-state index contributed by atoms with van der Waals surface area (Å²) in [6.45, 7) is 1.61. The van der Waals surface area contributed by atoms with E-state index < -0.39 is 41.9 Å². The minimum absolute atomic E-state index is 0.0133. The van der Waals surface area contributed by atoms with E-state index in [2.05, 4.69) is 10.6 Å². The highest BCUT2D eigenvalue weighted by molar-refractivity contribution is 6.04. The van der Waals surface area contributed by atoms with Crippen molar-refractivity contribution in [2.45, 2.75) is 31.3 Å². The number of carbonyl (C=O) groups is 4. The third-order valence-corrected chi connectivity index (χ3v) is 6.12. The second kappa shape index (κ2) is 10.4. The second-order valence-electron chi connectivity index (χ2n) is 8.34. The lowest BCUT2D eigenvalue weighted by atomic mass is 9.98. The van der Waals surface area contributed by atoms with Crippen LogP contribution in [0, 0.1) is 5.92 Å². The zero-order valence-electron chi connectivity index (χ0n) is 19.1.